The van der Waals surface area contributed by atoms with Crippen molar-refractivity contribution in [3.8, 4) is 0 Å². The smallest absolute Gasteiger partial charge is 0.191 e. The van der Waals surface area contributed by atoms with Crippen LogP contribution in [0.3, 0.4) is 0 Å². The van der Waals surface area contributed by atoms with Gasteiger partial charge in [0.15, 0.2) is 5.96 Å². The lowest BCUT2D eigenvalue weighted by atomic mass is 10.3. The Morgan fingerprint density at radius 3 is 2.65 bits per heavy atom. The van der Waals surface area contributed by atoms with E-state index in [-0.39, 0.29) is 0 Å². The number of guanidine groups is 1. The minimum absolute atomic E-state index is 0.820. The summed E-state index contributed by atoms with van der Waals surface area (Å²) in [4.78, 5) is 8.50. The van der Waals surface area contributed by atoms with Gasteiger partial charge >= 0.3 is 0 Å². The summed E-state index contributed by atoms with van der Waals surface area (Å²) in [7, 11) is 1.78. The second kappa shape index (κ2) is 7.99. The Morgan fingerprint density at radius 2 is 1.95 bits per heavy atom. The van der Waals surface area contributed by atoms with Gasteiger partial charge < -0.3 is 15.2 Å². The third-order valence-electron chi connectivity index (χ3n) is 2.95. The van der Waals surface area contributed by atoms with Crippen molar-refractivity contribution < 1.29 is 0 Å². The van der Waals surface area contributed by atoms with Gasteiger partial charge in [-0.25, -0.2) is 0 Å². The maximum absolute atomic E-state index is 4.29. The third kappa shape index (κ3) is 4.76. The van der Waals surface area contributed by atoms with Crippen molar-refractivity contribution in [1.29, 1.82) is 0 Å². The highest BCUT2D eigenvalue weighted by Crippen LogP contribution is 1.93. The number of rotatable bonds is 6. The van der Waals surface area contributed by atoms with Crippen LogP contribution in [0.25, 0.3) is 0 Å². The van der Waals surface area contributed by atoms with Gasteiger partial charge in [-0.2, -0.15) is 0 Å². The summed E-state index contributed by atoms with van der Waals surface area (Å²) in [6.45, 7) is 2.59. The molecule has 5 heteroatoms. The summed E-state index contributed by atoms with van der Waals surface area (Å²) in [5.41, 5.74) is 1.09. The van der Waals surface area contributed by atoms with Crippen LogP contribution in [-0.4, -0.2) is 35.6 Å². The Hall–Kier alpha value is -2.30. The summed E-state index contributed by atoms with van der Waals surface area (Å²) in [6.07, 6.45) is 6.82. The summed E-state index contributed by atoms with van der Waals surface area (Å²) < 4.78 is 2.13. The molecule has 0 aliphatic heterocycles. The highest BCUT2D eigenvalue weighted by Gasteiger charge is 1.98. The van der Waals surface area contributed by atoms with E-state index in [9.17, 15) is 0 Å². The van der Waals surface area contributed by atoms with Crippen molar-refractivity contribution in [2.45, 2.75) is 13.0 Å². The van der Waals surface area contributed by atoms with E-state index in [0.29, 0.717) is 0 Å². The van der Waals surface area contributed by atoms with Gasteiger partial charge in [-0.3, -0.25) is 9.98 Å². The van der Waals surface area contributed by atoms with Gasteiger partial charge in [-0.1, -0.05) is 6.07 Å². The zero-order chi connectivity index (χ0) is 14.0. The van der Waals surface area contributed by atoms with Crippen molar-refractivity contribution in [2.75, 3.05) is 20.1 Å². The molecule has 2 rings (SSSR count). The Morgan fingerprint density at radius 1 is 1.15 bits per heavy atom. The predicted octanol–water partition coefficient (Wildman–Crippen LogP) is 1.29. The van der Waals surface area contributed by atoms with Gasteiger partial charge in [0.25, 0.3) is 0 Å². The molecule has 0 unspecified atom stereocenters. The fourth-order valence-electron chi connectivity index (χ4n) is 1.90. The number of hydrogen-bond acceptors (Lipinski definition) is 2. The second-order valence-electron chi connectivity index (χ2n) is 4.42. The Bertz CT molecular complexity index is 504. The lowest BCUT2D eigenvalue weighted by Gasteiger charge is -2.12. The molecule has 2 aromatic rings. The van der Waals surface area contributed by atoms with Crippen LogP contribution in [0.4, 0.5) is 0 Å². The Labute approximate surface area is 119 Å². The fraction of sp³-hybridized carbons (Fsp3) is 0.333. The average Bonchev–Trinajstić information content (AvgIpc) is 3.00. The first-order valence-corrected chi connectivity index (χ1v) is 6.83. The molecular formula is C15H21N5. The molecule has 20 heavy (non-hydrogen) atoms. The molecule has 0 radical (unpaired) electrons. The number of pyridine rings is 1. The molecule has 106 valence electrons. The first kappa shape index (κ1) is 14.1. The normalized spacial score (nSPS) is 11.3. The molecule has 0 bridgehead atoms. The van der Waals surface area contributed by atoms with E-state index in [4.69, 9.17) is 0 Å². The van der Waals surface area contributed by atoms with Crippen LogP contribution in [0.2, 0.25) is 0 Å². The van der Waals surface area contributed by atoms with Crippen LogP contribution in [0.1, 0.15) is 5.69 Å². The predicted molar refractivity (Wildman–Crippen MR) is 81.7 cm³/mol. The number of hydrogen-bond donors (Lipinski definition) is 2. The molecule has 2 heterocycles. The summed E-state index contributed by atoms with van der Waals surface area (Å²) >= 11 is 0. The van der Waals surface area contributed by atoms with E-state index in [1.807, 2.05) is 36.5 Å². The van der Waals surface area contributed by atoms with Crippen LogP contribution >= 0.6 is 0 Å². The summed E-state index contributed by atoms with van der Waals surface area (Å²) in [6, 6.07) is 10.0. The molecule has 0 fully saturated rings. The van der Waals surface area contributed by atoms with E-state index >= 15 is 0 Å². The van der Waals surface area contributed by atoms with Gasteiger partial charge in [-0.05, 0) is 24.3 Å². The number of aliphatic imine (C=N–C) groups is 1. The van der Waals surface area contributed by atoms with Crippen LogP contribution in [0.5, 0.6) is 0 Å². The molecular weight excluding hydrogens is 250 g/mol. The van der Waals surface area contributed by atoms with E-state index < -0.39 is 0 Å². The van der Waals surface area contributed by atoms with Gasteiger partial charge in [0.05, 0.1) is 0 Å². The van der Waals surface area contributed by atoms with Gasteiger partial charge in [0, 0.05) is 57.4 Å². The molecule has 2 N–H and O–H groups in total. The molecule has 0 aromatic carbocycles. The van der Waals surface area contributed by atoms with Gasteiger partial charge in [0.1, 0.15) is 0 Å². The monoisotopic (exact) mass is 271 g/mol. The Balaban J connectivity index is 1.65. The maximum atomic E-state index is 4.29. The van der Waals surface area contributed by atoms with Crippen LogP contribution in [0.15, 0.2) is 53.9 Å². The van der Waals surface area contributed by atoms with E-state index in [0.717, 1.165) is 37.7 Å². The zero-order valence-corrected chi connectivity index (χ0v) is 11.8. The lowest BCUT2D eigenvalue weighted by Crippen LogP contribution is -2.39. The van der Waals surface area contributed by atoms with Crippen LogP contribution in [0, 0.1) is 0 Å². The third-order valence-corrected chi connectivity index (χ3v) is 2.95. The lowest BCUT2D eigenvalue weighted by molar-refractivity contribution is 0.664. The molecule has 2 aromatic heterocycles. The van der Waals surface area contributed by atoms with Crippen LogP contribution < -0.4 is 10.6 Å². The number of aromatic nitrogens is 2. The topological polar surface area (TPSA) is 54.2 Å². The molecule has 0 saturated carbocycles. The molecule has 0 spiro atoms. The molecule has 0 aliphatic rings. The molecule has 0 amide bonds. The van der Waals surface area contributed by atoms with Crippen molar-refractivity contribution >= 4 is 5.96 Å². The summed E-state index contributed by atoms with van der Waals surface area (Å²) in [5, 5.41) is 6.58. The SMILES string of the molecule is CN=C(NCCc1ccccn1)NCCn1cccc1. The maximum Gasteiger partial charge on any atom is 0.191 e. The molecule has 5 nitrogen and oxygen atoms in total. The Kier molecular flexibility index (Phi) is 5.64. The second-order valence-corrected chi connectivity index (χ2v) is 4.42. The van der Waals surface area contributed by atoms with E-state index in [2.05, 4.69) is 37.6 Å². The molecule has 0 saturated heterocycles. The molecule has 0 atom stereocenters. The first-order valence-electron chi connectivity index (χ1n) is 6.83. The van der Waals surface area contributed by atoms with Crippen molar-refractivity contribution in [3.63, 3.8) is 0 Å². The quantitative estimate of drug-likeness (QED) is 0.615. The highest BCUT2D eigenvalue weighted by molar-refractivity contribution is 5.79. The first-order chi connectivity index (χ1) is 9.88. The number of nitrogens with zero attached hydrogens (tertiary/aromatic N) is 3. The fourth-order valence-corrected chi connectivity index (χ4v) is 1.90. The highest BCUT2D eigenvalue weighted by atomic mass is 15.2. The van der Waals surface area contributed by atoms with Gasteiger partial charge in [0.2, 0.25) is 0 Å². The van der Waals surface area contributed by atoms with Crippen LogP contribution in [-0.2, 0) is 13.0 Å². The standard InChI is InChI=1S/C15H21N5/c1-16-15(19-10-13-20-11-4-5-12-20)18-9-7-14-6-2-3-8-17-14/h2-6,8,11-12H,7,9-10,13H2,1H3,(H2,16,18,19). The van der Waals surface area contributed by atoms with E-state index in [1.165, 1.54) is 0 Å². The molecule has 0 aliphatic carbocycles. The minimum atomic E-state index is 0.820. The largest absolute Gasteiger partial charge is 0.356 e. The summed E-state index contributed by atoms with van der Waals surface area (Å²) in [5.74, 6) is 0.827. The minimum Gasteiger partial charge on any atom is -0.356 e. The van der Waals surface area contributed by atoms with Crippen molar-refractivity contribution in [2.24, 2.45) is 4.99 Å². The van der Waals surface area contributed by atoms with Gasteiger partial charge in [-0.15, -0.1) is 0 Å². The number of nitrogens with one attached hydrogen (secondary N) is 2. The van der Waals surface area contributed by atoms with E-state index in [1.54, 1.807) is 7.05 Å². The zero-order valence-electron chi connectivity index (χ0n) is 11.8. The van der Waals surface area contributed by atoms with Crippen molar-refractivity contribution in [3.05, 3.63) is 54.6 Å². The average molecular weight is 271 g/mol. The van der Waals surface area contributed by atoms with Crippen molar-refractivity contribution in [1.82, 2.24) is 20.2 Å².